The monoisotopic (exact) mass is 225 g/mol. The molecular weight excluding hydrogens is 206 g/mol. The molecule has 1 aliphatic rings. The maximum atomic E-state index is 4.33. The van der Waals surface area contributed by atoms with Crippen LogP contribution < -0.4 is 0 Å². The van der Waals surface area contributed by atoms with Crippen molar-refractivity contribution in [3.05, 3.63) is 16.6 Å². The normalized spacial score (nSPS) is 19.9. The third-order valence-electron chi connectivity index (χ3n) is 2.98. The zero-order valence-electron chi connectivity index (χ0n) is 9.52. The summed E-state index contributed by atoms with van der Waals surface area (Å²) in [7, 11) is 0. The van der Waals surface area contributed by atoms with Crippen LogP contribution in [0.15, 0.2) is 11.6 Å². The maximum absolute atomic E-state index is 4.33. The Morgan fingerprint density at radius 2 is 2.07 bits per heavy atom. The molecular formula is C11H19N3S. The van der Waals surface area contributed by atoms with Gasteiger partial charge in [-0.1, -0.05) is 0 Å². The predicted octanol–water partition coefficient (Wildman–Crippen LogP) is 1.67. The second-order valence-corrected chi connectivity index (χ2v) is 5.31. The molecule has 4 heteroatoms. The number of hydrogen-bond donors (Lipinski definition) is 0. The summed E-state index contributed by atoms with van der Waals surface area (Å²) in [4.78, 5) is 9.37. The van der Waals surface area contributed by atoms with Gasteiger partial charge in [0.15, 0.2) is 0 Å². The van der Waals surface area contributed by atoms with E-state index in [0.717, 1.165) is 6.54 Å². The first-order valence-corrected chi connectivity index (χ1v) is 6.48. The van der Waals surface area contributed by atoms with Crippen LogP contribution in [0.1, 0.15) is 18.9 Å². The van der Waals surface area contributed by atoms with E-state index >= 15 is 0 Å². The first-order valence-electron chi connectivity index (χ1n) is 5.60. The molecule has 2 heterocycles. The third-order valence-corrected chi connectivity index (χ3v) is 3.74. The molecule has 0 aromatic carbocycles. The highest BCUT2D eigenvalue weighted by molar-refractivity contribution is 7.09. The molecule has 3 nitrogen and oxygen atoms in total. The van der Waals surface area contributed by atoms with Crippen molar-refractivity contribution in [2.45, 2.75) is 26.4 Å². The van der Waals surface area contributed by atoms with E-state index in [4.69, 9.17) is 0 Å². The summed E-state index contributed by atoms with van der Waals surface area (Å²) < 4.78 is 0. The van der Waals surface area contributed by atoms with Crippen molar-refractivity contribution >= 4 is 11.3 Å². The molecule has 15 heavy (non-hydrogen) atoms. The maximum Gasteiger partial charge on any atom is 0.107 e. The summed E-state index contributed by atoms with van der Waals surface area (Å²) in [6, 6.07) is 0.687. The standard InChI is InChI=1S/C11H19N3S/c1-10(2)14-6-4-13(5-7-14)9-11-12-3-8-15-11/h3,8,10H,4-7,9H2,1-2H3. The SMILES string of the molecule is CC(C)N1CCN(Cc2nccs2)CC1. The van der Waals surface area contributed by atoms with Crippen molar-refractivity contribution in [1.82, 2.24) is 14.8 Å². The minimum absolute atomic E-state index is 0.687. The summed E-state index contributed by atoms with van der Waals surface area (Å²) >= 11 is 1.76. The Labute approximate surface area is 95.7 Å². The molecule has 0 atom stereocenters. The lowest BCUT2D eigenvalue weighted by Gasteiger charge is -2.36. The van der Waals surface area contributed by atoms with Crippen LogP contribution in [-0.4, -0.2) is 47.0 Å². The molecule has 0 saturated carbocycles. The minimum Gasteiger partial charge on any atom is -0.298 e. The molecule has 0 radical (unpaired) electrons. The summed E-state index contributed by atoms with van der Waals surface area (Å²) in [5, 5.41) is 3.30. The van der Waals surface area contributed by atoms with Crippen molar-refractivity contribution in [3.8, 4) is 0 Å². The van der Waals surface area contributed by atoms with Gasteiger partial charge in [0.25, 0.3) is 0 Å². The number of nitrogens with zero attached hydrogens (tertiary/aromatic N) is 3. The van der Waals surface area contributed by atoms with Crippen molar-refractivity contribution in [3.63, 3.8) is 0 Å². The highest BCUT2D eigenvalue weighted by Crippen LogP contribution is 2.11. The molecule has 0 aliphatic carbocycles. The Balaban J connectivity index is 1.79. The minimum atomic E-state index is 0.687. The summed E-state index contributed by atoms with van der Waals surface area (Å²) in [5.74, 6) is 0. The molecule has 0 bridgehead atoms. The lowest BCUT2D eigenvalue weighted by Crippen LogP contribution is -2.48. The Hall–Kier alpha value is -0.450. The Kier molecular flexibility index (Phi) is 3.72. The first kappa shape index (κ1) is 11.0. The van der Waals surface area contributed by atoms with Gasteiger partial charge in [-0.2, -0.15) is 0 Å². The van der Waals surface area contributed by atoms with Crippen LogP contribution in [0.25, 0.3) is 0 Å². The van der Waals surface area contributed by atoms with Gasteiger partial charge < -0.3 is 0 Å². The van der Waals surface area contributed by atoms with Gasteiger partial charge in [-0.05, 0) is 13.8 Å². The van der Waals surface area contributed by atoms with Gasteiger partial charge in [0.05, 0.1) is 6.54 Å². The third kappa shape index (κ3) is 3.00. The van der Waals surface area contributed by atoms with E-state index in [2.05, 4.69) is 34.0 Å². The van der Waals surface area contributed by atoms with Gasteiger partial charge in [0.2, 0.25) is 0 Å². The molecule has 2 rings (SSSR count). The van der Waals surface area contributed by atoms with Crippen LogP contribution in [0, 0.1) is 0 Å². The van der Waals surface area contributed by atoms with Gasteiger partial charge in [-0.3, -0.25) is 9.80 Å². The van der Waals surface area contributed by atoms with Gasteiger partial charge in [0, 0.05) is 43.8 Å². The molecule has 1 aliphatic heterocycles. The smallest absolute Gasteiger partial charge is 0.107 e. The average molecular weight is 225 g/mol. The summed E-state index contributed by atoms with van der Waals surface area (Å²) in [5.41, 5.74) is 0. The molecule has 0 unspecified atom stereocenters. The fraction of sp³-hybridized carbons (Fsp3) is 0.727. The molecule has 1 aromatic rings. The van der Waals surface area contributed by atoms with E-state index in [9.17, 15) is 0 Å². The highest BCUT2D eigenvalue weighted by Gasteiger charge is 2.18. The van der Waals surface area contributed by atoms with Crippen LogP contribution in [0.4, 0.5) is 0 Å². The Morgan fingerprint density at radius 3 is 2.60 bits per heavy atom. The number of thiazole rings is 1. The second-order valence-electron chi connectivity index (χ2n) is 4.33. The van der Waals surface area contributed by atoms with Gasteiger partial charge in [-0.15, -0.1) is 11.3 Å². The highest BCUT2D eigenvalue weighted by atomic mass is 32.1. The molecule has 0 N–H and O–H groups in total. The molecule has 1 fully saturated rings. The Morgan fingerprint density at radius 1 is 1.33 bits per heavy atom. The molecule has 0 amide bonds. The fourth-order valence-electron chi connectivity index (χ4n) is 1.96. The average Bonchev–Trinajstić information content (AvgIpc) is 2.71. The van der Waals surface area contributed by atoms with Gasteiger partial charge in [0.1, 0.15) is 5.01 Å². The van der Waals surface area contributed by atoms with Crippen LogP contribution >= 0.6 is 11.3 Å². The molecule has 1 aromatic heterocycles. The fourth-order valence-corrected chi connectivity index (χ4v) is 2.62. The van der Waals surface area contributed by atoms with E-state index in [1.54, 1.807) is 11.3 Å². The number of hydrogen-bond acceptors (Lipinski definition) is 4. The van der Waals surface area contributed by atoms with Crippen molar-refractivity contribution in [2.24, 2.45) is 0 Å². The first-order chi connectivity index (χ1) is 7.25. The van der Waals surface area contributed by atoms with Crippen molar-refractivity contribution < 1.29 is 0 Å². The molecule has 84 valence electrons. The van der Waals surface area contributed by atoms with Gasteiger partial charge in [-0.25, -0.2) is 4.98 Å². The summed E-state index contributed by atoms with van der Waals surface area (Å²) in [6.07, 6.45) is 1.89. The topological polar surface area (TPSA) is 19.4 Å². The Bertz CT molecular complexity index is 276. The van der Waals surface area contributed by atoms with Crippen molar-refractivity contribution in [1.29, 1.82) is 0 Å². The van der Waals surface area contributed by atoms with E-state index in [-0.39, 0.29) is 0 Å². The van der Waals surface area contributed by atoms with E-state index in [1.807, 2.05) is 6.20 Å². The summed E-state index contributed by atoms with van der Waals surface area (Å²) in [6.45, 7) is 10.3. The van der Waals surface area contributed by atoms with Crippen LogP contribution in [0.5, 0.6) is 0 Å². The zero-order valence-corrected chi connectivity index (χ0v) is 10.3. The largest absolute Gasteiger partial charge is 0.298 e. The lowest BCUT2D eigenvalue weighted by molar-refractivity contribution is 0.104. The van der Waals surface area contributed by atoms with Crippen LogP contribution in [-0.2, 0) is 6.54 Å². The van der Waals surface area contributed by atoms with E-state index < -0.39 is 0 Å². The van der Waals surface area contributed by atoms with Crippen LogP contribution in [0.2, 0.25) is 0 Å². The molecule has 0 spiro atoms. The predicted molar refractivity (Wildman–Crippen MR) is 64.1 cm³/mol. The number of aromatic nitrogens is 1. The number of rotatable bonds is 3. The van der Waals surface area contributed by atoms with E-state index in [0.29, 0.717) is 6.04 Å². The van der Waals surface area contributed by atoms with E-state index in [1.165, 1.54) is 31.2 Å². The van der Waals surface area contributed by atoms with Crippen LogP contribution in [0.3, 0.4) is 0 Å². The number of piperazine rings is 1. The second kappa shape index (κ2) is 5.05. The van der Waals surface area contributed by atoms with Crippen molar-refractivity contribution in [2.75, 3.05) is 26.2 Å². The van der Waals surface area contributed by atoms with Gasteiger partial charge >= 0.3 is 0 Å². The zero-order chi connectivity index (χ0) is 10.7. The molecule has 1 saturated heterocycles. The quantitative estimate of drug-likeness (QED) is 0.780. The lowest BCUT2D eigenvalue weighted by atomic mass is 10.2.